The third kappa shape index (κ3) is 6.39. The number of nitro benzene ring substituents is 1. The van der Waals surface area contributed by atoms with Crippen LogP contribution in [0, 0.1) is 10.1 Å². The number of allylic oxidation sites excluding steroid dienone is 3. The molecule has 6 nitrogen and oxygen atoms in total. The second-order valence-electron chi connectivity index (χ2n) is 6.06. The standard InChI is InChI=1S/C22H23NO5/c1-3-4-6-17(18-9-13-20(27-2)14-10-18)7-5-8-22(24)28-21-15-11-19(12-16-21)23(25)26/h5,7-16H,3-4,6H2,1-2H3. The minimum Gasteiger partial charge on any atom is -0.497 e. The third-order valence-corrected chi connectivity index (χ3v) is 4.06. The van der Waals surface area contributed by atoms with E-state index in [0.29, 0.717) is 0 Å². The Bertz CT molecular complexity index is 852. The van der Waals surface area contributed by atoms with Gasteiger partial charge >= 0.3 is 5.97 Å². The van der Waals surface area contributed by atoms with Gasteiger partial charge in [0.25, 0.3) is 5.69 Å². The molecule has 0 spiro atoms. The molecule has 2 rings (SSSR count). The summed E-state index contributed by atoms with van der Waals surface area (Å²) in [5.41, 5.74) is 2.13. The van der Waals surface area contributed by atoms with Gasteiger partial charge in [-0.05, 0) is 48.2 Å². The Labute approximate surface area is 164 Å². The number of benzene rings is 2. The number of hydrogen-bond donors (Lipinski definition) is 0. The van der Waals surface area contributed by atoms with E-state index in [1.54, 1.807) is 13.2 Å². The topological polar surface area (TPSA) is 78.7 Å². The fourth-order valence-corrected chi connectivity index (χ4v) is 2.53. The van der Waals surface area contributed by atoms with Gasteiger partial charge in [-0.2, -0.15) is 0 Å². The number of non-ortho nitro benzene ring substituents is 1. The predicted octanol–water partition coefficient (Wildman–Crippen LogP) is 5.34. The highest BCUT2D eigenvalue weighted by atomic mass is 16.6. The summed E-state index contributed by atoms with van der Waals surface area (Å²) in [6.45, 7) is 2.13. The van der Waals surface area contributed by atoms with Crippen LogP contribution >= 0.6 is 0 Å². The van der Waals surface area contributed by atoms with Gasteiger partial charge in [-0.3, -0.25) is 10.1 Å². The van der Waals surface area contributed by atoms with E-state index >= 15 is 0 Å². The lowest BCUT2D eigenvalue weighted by Gasteiger charge is -2.08. The van der Waals surface area contributed by atoms with Crippen molar-refractivity contribution in [1.82, 2.24) is 0 Å². The number of nitro groups is 1. The molecule has 0 saturated heterocycles. The molecule has 0 aliphatic carbocycles. The molecule has 28 heavy (non-hydrogen) atoms. The van der Waals surface area contributed by atoms with E-state index in [1.165, 1.54) is 30.3 Å². The van der Waals surface area contributed by atoms with Crippen molar-refractivity contribution in [2.75, 3.05) is 7.11 Å². The second-order valence-corrected chi connectivity index (χ2v) is 6.06. The number of carbonyl (C=O) groups excluding carboxylic acids is 1. The van der Waals surface area contributed by atoms with E-state index in [1.807, 2.05) is 30.3 Å². The van der Waals surface area contributed by atoms with Crippen LogP contribution in [-0.4, -0.2) is 18.0 Å². The Morgan fingerprint density at radius 1 is 1.07 bits per heavy atom. The number of methoxy groups -OCH3 is 1. The van der Waals surface area contributed by atoms with Crippen LogP contribution in [0.25, 0.3) is 5.57 Å². The van der Waals surface area contributed by atoms with Gasteiger partial charge in [0, 0.05) is 18.2 Å². The summed E-state index contributed by atoms with van der Waals surface area (Å²) in [6.07, 6.45) is 7.89. The van der Waals surface area contributed by atoms with Gasteiger partial charge < -0.3 is 9.47 Å². The number of rotatable bonds is 9. The lowest BCUT2D eigenvalue weighted by molar-refractivity contribution is -0.384. The highest BCUT2D eigenvalue weighted by Gasteiger charge is 2.06. The predicted molar refractivity (Wildman–Crippen MR) is 108 cm³/mol. The van der Waals surface area contributed by atoms with Gasteiger partial charge in [-0.1, -0.05) is 37.6 Å². The largest absolute Gasteiger partial charge is 0.497 e. The van der Waals surface area contributed by atoms with Crippen molar-refractivity contribution < 1.29 is 19.2 Å². The molecule has 2 aromatic carbocycles. The molecule has 2 aromatic rings. The first-order valence-corrected chi connectivity index (χ1v) is 9.01. The van der Waals surface area contributed by atoms with Crippen LogP contribution in [0.1, 0.15) is 31.7 Å². The number of hydrogen-bond acceptors (Lipinski definition) is 5. The van der Waals surface area contributed by atoms with Crippen LogP contribution < -0.4 is 9.47 Å². The molecule has 0 heterocycles. The second kappa shape index (κ2) is 10.7. The maximum absolute atomic E-state index is 12.0. The summed E-state index contributed by atoms with van der Waals surface area (Å²) >= 11 is 0. The summed E-state index contributed by atoms with van der Waals surface area (Å²) < 4.78 is 10.3. The number of ether oxygens (including phenoxy) is 2. The molecule has 0 aliphatic rings. The fourth-order valence-electron chi connectivity index (χ4n) is 2.53. The molecule has 0 atom stereocenters. The van der Waals surface area contributed by atoms with Crippen LogP contribution in [0.2, 0.25) is 0 Å². The Balaban J connectivity index is 2.05. The minimum absolute atomic E-state index is 0.0571. The van der Waals surface area contributed by atoms with E-state index in [2.05, 4.69) is 6.92 Å². The molecule has 0 aliphatic heterocycles. The highest BCUT2D eigenvalue weighted by molar-refractivity contribution is 5.85. The number of esters is 1. The first-order chi connectivity index (χ1) is 13.5. The molecule has 0 amide bonds. The normalized spacial score (nSPS) is 11.4. The van der Waals surface area contributed by atoms with Gasteiger partial charge in [0.15, 0.2) is 0 Å². The van der Waals surface area contributed by atoms with E-state index in [-0.39, 0.29) is 11.4 Å². The zero-order valence-corrected chi connectivity index (χ0v) is 16.0. The molecular formula is C22H23NO5. The maximum Gasteiger partial charge on any atom is 0.336 e. The molecule has 0 bridgehead atoms. The monoisotopic (exact) mass is 381 g/mol. The van der Waals surface area contributed by atoms with Crippen molar-refractivity contribution in [3.8, 4) is 11.5 Å². The van der Waals surface area contributed by atoms with E-state index in [4.69, 9.17) is 9.47 Å². The van der Waals surface area contributed by atoms with Crippen LogP contribution in [0.5, 0.6) is 11.5 Å². The minimum atomic E-state index is -0.547. The van der Waals surface area contributed by atoms with Crippen LogP contribution in [0.4, 0.5) is 5.69 Å². The first kappa shape index (κ1) is 20.9. The number of nitrogens with zero attached hydrogens (tertiary/aromatic N) is 1. The fraction of sp³-hybridized carbons (Fsp3) is 0.227. The summed E-state index contributed by atoms with van der Waals surface area (Å²) in [4.78, 5) is 22.1. The van der Waals surface area contributed by atoms with Crippen LogP contribution in [0.3, 0.4) is 0 Å². The average Bonchev–Trinajstić information content (AvgIpc) is 2.71. The lowest BCUT2D eigenvalue weighted by atomic mass is 9.99. The van der Waals surface area contributed by atoms with E-state index in [9.17, 15) is 14.9 Å². The third-order valence-electron chi connectivity index (χ3n) is 4.06. The smallest absolute Gasteiger partial charge is 0.336 e. The van der Waals surface area contributed by atoms with Gasteiger partial charge in [0.1, 0.15) is 11.5 Å². The molecular weight excluding hydrogens is 358 g/mol. The van der Waals surface area contributed by atoms with E-state index < -0.39 is 10.9 Å². The summed E-state index contributed by atoms with van der Waals surface area (Å²) in [5, 5.41) is 10.6. The Morgan fingerprint density at radius 2 is 1.71 bits per heavy atom. The molecule has 6 heteroatoms. The quantitative estimate of drug-likeness (QED) is 0.146. The van der Waals surface area contributed by atoms with Crippen molar-refractivity contribution >= 4 is 17.2 Å². The van der Waals surface area contributed by atoms with E-state index in [0.717, 1.165) is 36.1 Å². The van der Waals surface area contributed by atoms with Crippen molar-refractivity contribution in [2.24, 2.45) is 0 Å². The van der Waals surface area contributed by atoms with Gasteiger partial charge in [-0.25, -0.2) is 4.79 Å². The first-order valence-electron chi connectivity index (χ1n) is 9.01. The molecule has 0 aromatic heterocycles. The van der Waals surface area contributed by atoms with Gasteiger partial charge in [0.05, 0.1) is 12.0 Å². The lowest BCUT2D eigenvalue weighted by Crippen LogP contribution is -2.03. The van der Waals surface area contributed by atoms with Gasteiger partial charge in [-0.15, -0.1) is 0 Å². The summed E-state index contributed by atoms with van der Waals surface area (Å²) in [5.74, 6) is 0.501. The van der Waals surface area contributed by atoms with Crippen molar-refractivity contribution in [3.05, 3.63) is 82.4 Å². The molecule has 0 unspecified atom stereocenters. The van der Waals surface area contributed by atoms with Crippen LogP contribution in [-0.2, 0) is 4.79 Å². The number of unbranched alkanes of at least 4 members (excludes halogenated alkanes) is 1. The Morgan fingerprint density at radius 3 is 2.29 bits per heavy atom. The highest BCUT2D eigenvalue weighted by Crippen LogP contribution is 2.23. The summed E-state index contributed by atoms with van der Waals surface area (Å²) in [7, 11) is 1.63. The SMILES string of the molecule is CCCCC(=CC=CC(=O)Oc1ccc([N+](=O)[O-])cc1)c1ccc(OC)cc1. The molecule has 0 saturated carbocycles. The van der Waals surface area contributed by atoms with Gasteiger partial charge in [0.2, 0.25) is 0 Å². The molecule has 0 radical (unpaired) electrons. The van der Waals surface area contributed by atoms with Crippen LogP contribution in [0.15, 0.2) is 66.8 Å². The zero-order chi connectivity index (χ0) is 20.4. The van der Waals surface area contributed by atoms with Crippen molar-refractivity contribution in [3.63, 3.8) is 0 Å². The van der Waals surface area contributed by atoms with Crippen molar-refractivity contribution in [2.45, 2.75) is 26.2 Å². The Kier molecular flexibility index (Phi) is 7.96. The number of carbonyl (C=O) groups is 1. The summed E-state index contributed by atoms with van der Waals surface area (Å²) in [6, 6.07) is 13.2. The molecule has 0 fully saturated rings. The average molecular weight is 381 g/mol. The zero-order valence-electron chi connectivity index (χ0n) is 16.0. The van der Waals surface area contributed by atoms with Crippen molar-refractivity contribution in [1.29, 1.82) is 0 Å². The molecule has 146 valence electrons. The molecule has 0 N–H and O–H groups in total. The maximum atomic E-state index is 12.0. The Hall–Kier alpha value is -3.41.